The average molecular weight is 358 g/mol. The minimum absolute atomic E-state index is 0.0378. The first-order chi connectivity index (χ1) is 11.9. The number of hydrogen-bond acceptors (Lipinski definition) is 5. The SMILES string of the molecule is CCN(CC(=O)O)C1CC(NCc2cccc(OC)c2OC(F)F)C1. The number of halogens is 2. The zero-order chi connectivity index (χ0) is 18.4. The van der Waals surface area contributed by atoms with Crippen LogP contribution in [-0.2, 0) is 11.3 Å². The number of nitrogens with one attached hydrogen (secondary N) is 1. The van der Waals surface area contributed by atoms with Crippen LogP contribution >= 0.6 is 0 Å². The first kappa shape index (κ1) is 19.4. The first-order valence-corrected chi connectivity index (χ1v) is 8.24. The van der Waals surface area contributed by atoms with E-state index in [9.17, 15) is 13.6 Å². The first-order valence-electron chi connectivity index (χ1n) is 8.24. The number of para-hydroxylation sites is 1. The molecular formula is C17H24F2N2O4. The van der Waals surface area contributed by atoms with E-state index in [1.165, 1.54) is 7.11 Å². The van der Waals surface area contributed by atoms with Gasteiger partial charge in [-0.25, -0.2) is 0 Å². The zero-order valence-electron chi connectivity index (χ0n) is 14.4. The Bertz CT molecular complexity index is 580. The molecule has 1 aliphatic rings. The maximum Gasteiger partial charge on any atom is 0.387 e. The number of carboxylic acids is 1. The number of rotatable bonds is 10. The topological polar surface area (TPSA) is 71.0 Å². The largest absolute Gasteiger partial charge is 0.493 e. The Morgan fingerprint density at radius 2 is 2.16 bits per heavy atom. The summed E-state index contributed by atoms with van der Waals surface area (Å²) in [5.41, 5.74) is 0.598. The highest BCUT2D eigenvalue weighted by atomic mass is 19.3. The van der Waals surface area contributed by atoms with Crippen molar-refractivity contribution in [1.82, 2.24) is 10.2 Å². The quantitative estimate of drug-likeness (QED) is 0.669. The van der Waals surface area contributed by atoms with Crippen LogP contribution in [0.3, 0.4) is 0 Å². The van der Waals surface area contributed by atoms with Crippen molar-refractivity contribution in [3.8, 4) is 11.5 Å². The van der Waals surface area contributed by atoms with E-state index in [2.05, 4.69) is 10.1 Å². The van der Waals surface area contributed by atoms with Crippen LogP contribution in [-0.4, -0.2) is 54.9 Å². The van der Waals surface area contributed by atoms with Crippen LogP contribution in [0.5, 0.6) is 11.5 Å². The number of aliphatic carboxylic acids is 1. The molecular weight excluding hydrogens is 334 g/mol. The van der Waals surface area contributed by atoms with Gasteiger partial charge in [-0.1, -0.05) is 19.1 Å². The van der Waals surface area contributed by atoms with Gasteiger partial charge in [-0.05, 0) is 25.5 Å². The molecule has 0 heterocycles. The summed E-state index contributed by atoms with van der Waals surface area (Å²) in [6.07, 6.45) is 1.66. The molecule has 1 aliphatic carbocycles. The van der Waals surface area contributed by atoms with Gasteiger partial charge in [-0.15, -0.1) is 0 Å². The molecule has 0 radical (unpaired) electrons. The molecule has 0 atom stereocenters. The summed E-state index contributed by atoms with van der Waals surface area (Å²) >= 11 is 0. The molecule has 140 valence electrons. The van der Waals surface area contributed by atoms with Crippen molar-refractivity contribution in [1.29, 1.82) is 0 Å². The second-order valence-electron chi connectivity index (χ2n) is 5.99. The summed E-state index contributed by atoms with van der Waals surface area (Å²) in [4.78, 5) is 12.8. The molecule has 8 heteroatoms. The van der Waals surface area contributed by atoms with E-state index in [4.69, 9.17) is 9.84 Å². The second kappa shape index (κ2) is 8.96. The standard InChI is InChI=1S/C17H24F2N2O4/c1-3-21(10-15(22)23)13-7-12(8-13)20-9-11-5-4-6-14(24-2)16(11)25-17(18)19/h4-6,12-13,17,20H,3,7-10H2,1-2H3,(H,22,23). The lowest BCUT2D eigenvalue weighted by Crippen LogP contribution is -2.53. The third kappa shape index (κ3) is 5.27. The van der Waals surface area contributed by atoms with Gasteiger partial charge >= 0.3 is 12.6 Å². The molecule has 1 fully saturated rings. The number of nitrogens with zero attached hydrogens (tertiary/aromatic N) is 1. The van der Waals surface area contributed by atoms with Crippen LogP contribution in [0.4, 0.5) is 8.78 Å². The number of alkyl halides is 2. The highest BCUT2D eigenvalue weighted by molar-refractivity contribution is 5.69. The molecule has 2 N–H and O–H groups in total. The number of likely N-dealkylation sites (N-methyl/N-ethyl adjacent to an activating group) is 1. The number of ether oxygens (including phenoxy) is 2. The van der Waals surface area contributed by atoms with Crippen molar-refractivity contribution >= 4 is 5.97 Å². The Balaban J connectivity index is 1.90. The van der Waals surface area contributed by atoms with Crippen LogP contribution in [0, 0.1) is 0 Å². The Kier molecular flexibility index (Phi) is 6.95. The molecule has 0 amide bonds. The lowest BCUT2D eigenvalue weighted by atomic mass is 9.85. The predicted octanol–water partition coefficient (Wildman–Crippen LogP) is 2.32. The van der Waals surface area contributed by atoms with Crippen molar-refractivity contribution in [2.45, 2.75) is 45.0 Å². The van der Waals surface area contributed by atoms with E-state index in [1.807, 2.05) is 11.8 Å². The third-order valence-electron chi connectivity index (χ3n) is 4.44. The van der Waals surface area contributed by atoms with Gasteiger partial charge in [-0.3, -0.25) is 9.69 Å². The fourth-order valence-corrected chi connectivity index (χ4v) is 3.06. The molecule has 1 aromatic rings. The van der Waals surface area contributed by atoms with Crippen LogP contribution in [0.2, 0.25) is 0 Å². The maximum atomic E-state index is 12.6. The van der Waals surface area contributed by atoms with E-state index in [-0.39, 0.29) is 30.1 Å². The summed E-state index contributed by atoms with van der Waals surface area (Å²) in [5.74, 6) is -0.516. The zero-order valence-corrected chi connectivity index (χ0v) is 14.4. The summed E-state index contributed by atoms with van der Waals surface area (Å²) in [6, 6.07) is 5.47. The highest BCUT2D eigenvalue weighted by Gasteiger charge is 2.33. The van der Waals surface area contributed by atoms with Crippen LogP contribution in [0.15, 0.2) is 18.2 Å². The van der Waals surface area contributed by atoms with E-state index < -0.39 is 12.6 Å². The van der Waals surface area contributed by atoms with Crippen molar-refractivity contribution in [3.05, 3.63) is 23.8 Å². The second-order valence-corrected chi connectivity index (χ2v) is 5.99. The summed E-state index contributed by atoms with van der Waals surface area (Å²) < 4.78 is 34.9. The fourth-order valence-electron chi connectivity index (χ4n) is 3.06. The molecule has 0 aliphatic heterocycles. The van der Waals surface area contributed by atoms with E-state index in [0.29, 0.717) is 18.7 Å². The van der Waals surface area contributed by atoms with E-state index in [1.54, 1.807) is 18.2 Å². The number of carboxylic acid groups (broad SMARTS) is 1. The van der Waals surface area contributed by atoms with Gasteiger partial charge in [0.2, 0.25) is 0 Å². The lowest BCUT2D eigenvalue weighted by molar-refractivity contribution is -0.139. The van der Waals surface area contributed by atoms with Gasteiger partial charge < -0.3 is 19.9 Å². The van der Waals surface area contributed by atoms with Gasteiger partial charge in [0.15, 0.2) is 11.5 Å². The molecule has 6 nitrogen and oxygen atoms in total. The molecule has 1 aromatic carbocycles. The summed E-state index contributed by atoms with van der Waals surface area (Å²) in [5, 5.41) is 12.2. The Labute approximate surface area is 145 Å². The number of carbonyl (C=O) groups is 1. The van der Waals surface area contributed by atoms with Crippen molar-refractivity contribution in [3.63, 3.8) is 0 Å². The Morgan fingerprint density at radius 1 is 1.44 bits per heavy atom. The normalized spacial score (nSPS) is 19.8. The molecule has 0 saturated heterocycles. The monoisotopic (exact) mass is 358 g/mol. The molecule has 0 unspecified atom stereocenters. The predicted molar refractivity (Wildman–Crippen MR) is 88.2 cm³/mol. The lowest BCUT2D eigenvalue weighted by Gasteiger charge is -2.42. The molecule has 25 heavy (non-hydrogen) atoms. The highest BCUT2D eigenvalue weighted by Crippen LogP contribution is 2.33. The number of hydrogen-bond donors (Lipinski definition) is 2. The van der Waals surface area contributed by atoms with Crippen molar-refractivity contribution < 1.29 is 28.2 Å². The Morgan fingerprint density at radius 3 is 2.72 bits per heavy atom. The van der Waals surface area contributed by atoms with Crippen LogP contribution in [0.1, 0.15) is 25.3 Å². The third-order valence-corrected chi connectivity index (χ3v) is 4.44. The van der Waals surface area contributed by atoms with Gasteiger partial charge in [0.25, 0.3) is 0 Å². The maximum absolute atomic E-state index is 12.6. The van der Waals surface area contributed by atoms with Crippen LogP contribution < -0.4 is 14.8 Å². The molecule has 0 aromatic heterocycles. The van der Waals surface area contributed by atoms with Gasteiger partial charge in [0.1, 0.15) is 0 Å². The molecule has 0 bridgehead atoms. The Hall–Kier alpha value is -1.93. The molecule has 1 saturated carbocycles. The van der Waals surface area contributed by atoms with Crippen LogP contribution in [0.25, 0.3) is 0 Å². The summed E-state index contributed by atoms with van der Waals surface area (Å²) in [7, 11) is 1.41. The van der Waals surface area contributed by atoms with E-state index >= 15 is 0 Å². The fraction of sp³-hybridized carbons (Fsp3) is 0.588. The minimum atomic E-state index is -2.92. The number of benzene rings is 1. The van der Waals surface area contributed by atoms with E-state index in [0.717, 1.165) is 12.8 Å². The minimum Gasteiger partial charge on any atom is -0.493 e. The van der Waals surface area contributed by atoms with Gasteiger partial charge in [-0.2, -0.15) is 8.78 Å². The van der Waals surface area contributed by atoms with Crippen molar-refractivity contribution in [2.75, 3.05) is 20.2 Å². The van der Waals surface area contributed by atoms with Gasteiger partial charge in [0, 0.05) is 24.2 Å². The average Bonchev–Trinajstić information content (AvgIpc) is 2.52. The number of methoxy groups -OCH3 is 1. The molecule has 2 rings (SSSR count). The molecule has 0 spiro atoms. The summed E-state index contributed by atoms with van der Waals surface area (Å²) in [6.45, 7) is 0.120. The van der Waals surface area contributed by atoms with Crippen molar-refractivity contribution in [2.24, 2.45) is 0 Å². The van der Waals surface area contributed by atoms with Gasteiger partial charge in [0.05, 0.1) is 13.7 Å². The smallest absolute Gasteiger partial charge is 0.387 e.